The van der Waals surface area contributed by atoms with Crippen molar-refractivity contribution in [3.63, 3.8) is 0 Å². The molecular formula is C18H23N3O. The van der Waals surface area contributed by atoms with E-state index in [1.165, 1.54) is 30.4 Å². The van der Waals surface area contributed by atoms with Gasteiger partial charge in [-0.15, -0.1) is 0 Å². The Balaban J connectivity index is 1.54. The van der Waals surface area contributed by atoms with E-state index in [4.69, 9.17) is 4.74 Å². The minimum Gasteiger partial charge on any atom is -0.364 e. The highest BCUT2D eigenvalue weighted by Crippen LogP contribution is 2.43. The highest BCUT2D eigenvalue weighted by Gasteiger charge is 2.45. The molecule has 2 fully saturated rings. The van der Waals surface area contributed by atoms with Crippen LogP contribution in [-0.2, 0) is 18.3 Å². The summed E-state index contributed by atoms with van der Waals surface area (Å²) in [5, 5.41) is 4.31. The number of aryl methyl sites for hydroxylation is 1. The highest BCUT2D eigenvalue weighted by molar-refractivity contribution is 5.16. The number of rotatable bonds is 3. The molecule has 2 aliphatic rings. The molecule has 1 aromatic heterocycles. The van der Waals surface area contributed by atoms with Gasteiger partial charge in [-0.25, -0.2) is 0 Å². The first-order chi connectivity index (χ1) is 10.7. The van der Waals surface area contributed by atoms with Crippen molar-refractivity contribution < 1.29 is 4.74 Å². The summed E-state index contributed by atoms with van der Waals surface area (Å²) in [6, 6.07) is 10.7. The molecule has 1 saturated heterocycles. The molecule has 1 spiro atoms. The van der Waals surface area contributed by atoms with Gasteiger partial charge >= 0.3 is 0 Å². The Kier molecular flexibility index (Phi) is 3.51. The standard InChI is InChI=1S/C18H23N3O/c1-20-12-16(10-19-20)17-13-21(11-15-6-3-2-4-7-15)14-18(22-17)8-5-9-18/h2-4,6-7,10,12,17H,5,8-9,11,13-14H2,1H3. The molecule has 2 aromatic rings. The molecule has 1 saturated carbocycles. The minimum atomic E-state index is 0.0769. The van der Waals surface area contributed by atoms with Crippen LogP contribution in [0.4, 0.5) is 0 Å². The van der Waals surface area contributed by atoms with Crippen molar-refractivity contribution in [3.8, 4) is 0 Å². The third kappa shape index (κ3) is 2.69. The van der Waals surface area contributed by atoms with Crippen molar-refractivity contribution in [2.45, 2.75) is 37.5 Å². The third-order valence-electron chi connectivity index (χ3n) is 4.94. The van der Waals surface area contributed by atoms with Crippen LogP contribution in [0.15, 0.2) is 42.7 Å². The summed E-state index contributed by atoms with van der Waals surface area (Å²) < 4.78 is 8.35. The van der Waals surface area contributed by atoms with Crippen molar-refractivity contribution >= 4 is 0 Å². The molecular weight excluding hydrogens is 274 g/mol. The van der Waals surface area contributed by atoms with Gasteiger partial charge in [-0.3, -0.25) is 9.58 Å². The minimum absolute atomic E-state index is 0.0769. The van der Waals surface area contributed by atoms with Gasteiger partial charge in [0.1, 0.15) is 0 Å². The highest BCUT2D eigenvalue weighted by atomic mass is 16.5. The Bertz CT molecular complexity index is 633. The van der Waals surface area contributed by atoms with E-state index in [0.717, 1.165) is 19.6 Å². The molecule has 4 rings (SSSR count). The number of hydrogen-bond acceptors (Lipinski definition) is 3. The predicted molar refractivity (Wildman–Crippen MR) is 85.3 cm³/mol. The molecule has 1 atom stereocenters. The van der Waals surface area contributed by atoms with Crippen LogP contribution in [0.3, 0.4) is 0 Å². The van der Waals surface area contributed by atoms with E-state index >= 15 is 0 Å². The number of aromatic nitrogens is 2. The number of nitrogens with zero attached hydrogens (tertiary/aromatic N) is 3. The van der Waals surface area contributed by atoms with E-state index < -0.39 is 0 Å². The summed E-state index contributed by atoms with van der Waals surface area (Å²) in [5.74, 6) is 0. The largest absolute Gasteiger partial charge is 0.364 e. The average molecular weight is 297 g/mol. The first kappa shape index (κ1) is 14.0. The smallest absolute Gasteiger partial charge is 0.0990 e. The maximum Gasteiger partial charge on any atom is 0.0990 e. The van der Waals surface area contributed by atoms with E-state index in [0.29, 0.717) is 0 Å². The third-order valence-corrected chi connectivity index (χ3v) is 4.94. The molecule has 0 amide bonds. The van der Waals surface area contributed by atoms with Crippen LogP contribution in [0.5, 0.6) is 0 Å². The molecule has 116 valence electrons. The van der Waals surface area contributed by atoms with Crippen LogP contribution in [0.2, 0.25) is 0 Å². The van der Waals surface area contributed by atoms with Gasteiger partial charge in [-0.2, -0.15) is 5.10 Å². The van der Waals surface area contributed by atoms with E-state index in [1.807, 2.05) is 17.9 Å². The van der Waals surface area contributed by atoms with Gasteiger partial charge in [0.25, 0.3) is 0 Å². The van der Waals surface area contributed by atoms with Crippen LogP contribution >= 0.6 is 0 Å². The van der Waals surface area contributed by atoms with Gasteiger partial charge in [-0.1, -0.05) is 30.3 Å². The van der Waals surface area contributed by atoms with Gasteiger partial charge in [0.2, 0.25) is 0 Å². The molecule has 1 aliphatic heterocycles. The molecule has 4 heteroatoms. The predicted octanol–water partition coefficient (Wildman–Crippen LogP) is 2.92. The fraction of sp³-hybridized carbons (Fsp3) is 0.500. The zero-order valence-electron chi connectivity index (χ0n) is 13.1. The lowest BCUT2D eigenvalue weighted by atomic mass is 9.78. The van der Waals surface area contributed by atoms with Crippen LogP contribution in [0, 0.1) is 0 Å². The number of benzene rings is 1. The second kappa shape index (κ2) is 5.52. The Morgan fingerprint density at radius 3 is 2.73 bits per heavy atom. The van der Waals surface area contributed by atoms with Crippen LogP contribution in [-0.4, -0.2) is 33.4 Å². The Morgan fingerprint density at radius 2 is 2.09 bits per heavy atom. The fourth-order valence-electron chi connectivity index (χ4n) is 3.67. The zero-order valence-corrected chi connectivity index (χ0v) is 13.1. The quantitative estimate of drug-likeness (QED) is 0.872. The summed E-state index contributed by atoms with van der Waals surface area (Å²) in [5.41, 5.74) is 2.66. The number of hydrogen-bond donors (Lipinski definition) is 0. The molecule has 0 radical (unpaired) electrons. The van der Waals surface area contributed by atoms with Gasteiger partial charge in [-0.05, 0) is 24.8 Å². The second-order valence-electron chi connectivity index (χ2n) is 6.75. The van der Waals surface area contributed by atoms with Gasteiger partial charge in [0.15, 0.2) is 0 Å². The molecule has 2 heterocycles. The van der Waals surface area contributed by atoms with E-state index in [1.54, 1.807) is 0 Å². The lowest BCUT2D eigenvalue weighted by Crippen LogP contribution is -2.56. The Labute approximate surface area is 131 Å². The summed E-state index contributed by atoms with van der Waals surface area (Å²) in [6.07, 6.45) is 7.85. The van der Waals surface area contributed by atoms with Crippen molar-refractivity contribution in [2.75, 3.05) is 13.1 Å². The fourth-order valence-corrected chi connectivity index (χ4v) is 3.67. The SMILES string of the molecule is Cn1cc(C2CN(Cc3ccccc3)CC3(CCC3)O2)cn1. The van der Waals surface area contributed by atoms with Gasteiger partial charge < -0.3 is 4.74 Å². The lowest BCUT2D eigenvalue weighted by Gasteiger charge is -2.51. The Hall–Kier alpha value is -1.65. The molecule has 1 aliphatic carbocycles. The maximum absolute atomic E-state index is 6.48. The van der Waals surface area contributed by atoms with Crippen LogP contribution in [0.1, 0.15) is 36.5 Å². The van der Waals surface area contributed by atoms with Crippen molar-refractivity contribution in [1.29, 1.82) is 0 Å². The molecule has 0 bridgehead atoms. The van der Waals surface area contributed by atoms with E-state index in [-0.39, 0.29) is 11.7 Å². The first-order valence-corrected chi connectivity index (χ1v) is 8.15. The van der Waals surface area contributed by atoms with Crippen molar-refractivity contribution in [2.24, 2.45) is 7.05 Å². The number of morpholine rings is 1. The number of ether oxygens (including phenoxy) is 1. The van der Waals surface area contributed by atoms with E-state index in [9.17, 15) is 0 Å². The molecule has 22 heavy (non-hydrogen) atoms. The topological polar surface area (TPSA) is 30.3 Å². The van der Waals surface area contributed by atoms with Crippen LogP contribution < -0.4 is 0 Å². The molecule has 0 N–H and O–H groups in total. The first-order valence-electron chi connectivity index (χ1n) is 8.15. The van der Waals surface area contributed by atoms with Gasteiger partial charge in [0.05, 0.1) is 17.9 Å². The molecule has 4 nitrogen and oxygen atoms in total. The van der Waals surface area contributed by atoms with Crippen LogP contribution in [0.25, 0.3) is 0 Å². The molecule has 1 aromatic carbocycles. The summed E-state index contributed by atoms with van der Waals surface area (Å²) in [4.78, 5) is 2.55. The normalized spacial score (nSPS) is 24.3. The Morgan fingerprint density at radius 1 is 1.27 bits per heavy atom. The maximum atomic E-state index is 6.48. The van der Waals surface area contributed by atoms with Crippen molar-refractivity contribution in [3.05, 3.63) is 53.9 Å². The monoisotopic (exact) mass is 297 g/mol. The molecule has 1 unspecified atom stereocenters. The van der Waals surface area contributed by atoms with Crippen molar-refractivity contribution in [1.82, 2.24) is 14.7 Å². The zero-order chi connectivity index (χ0) is 15.0. The summed E-state index contributed by atoms with van der Waals surface area (Å²) >= 11 is 0. The summed E-state index contributed by atoms with van der Waals surface area (Å²) in [6.45, 7) is 3.00. The van der Waals surface area contributed by atoms with Gasteiger partial charge in [0, 0.05) is 38.4 Å². The van der Waals surface area contributed by atoms with E-state index in [2.05, 4.69) is 46.5 Å². The second-order valence-corrected chi connectivity index (χ2v) is 6.75. The average Bonchev–Trinajstić information content (AvgIpc) is 2.93. The lowest BCUT2D eigenvalue weighted by molar-refractivity contribution is -0.194. The summed E-state index contributed by atoms with van der Waals surface area (Å²) in [7, 11) is 1.97.